The molecule has 1 N–H and O–H groups in total. The lowest BCUT2D eigenvalue weighted by Crippen LogP contribution is -2.28. The van der Waals surface area contributed by atoms with Gasteiger partial charge >= 0.3 is 23.2 Å². The first-order valence-corrected chi connectivity index (χ1v) is 9.49. The Labute approximate surface area is 153 Å². The number of hydrogen-bond donors (Lipinski definition) is 1. The molecule has 11 heteroatoms. The van der Waals surface area contributed by atoms with E-state index < -0.39 is 15.6 Å². The van der Waals surface area contributed by atoms with Crippen molar-refractivity contribution in [3.05, 3.63) is 47.5 Å². The fraction of sp³-hybridized carbons (Fsp3) is 0.200. The summed E-state index contributed by atoms with van der Waals surface area (Å²) in [5, 5.41) is 2.89. The Morgan fingerprint density at radius 1 is 1.19 bits per heavy atom. The van der Waals surface area contributed by atoms with E-state index in [-0.39, 0.29) is 5.75 Å². The molecule has 0 bridgehead atoms. The summed E-state index contributed by atoms with van der Waals surface area (Å²) in [5.74, 6) is -0.361. The van der Waals surface area contributed by atoms with Gasteiger partial charge in [-0.05, 0) is 29.3 Å². The second-order valence-corrected chi connectivity index (χ2v) is 7.88. The molecule has 0 aliphatic carbocycles. The van der Waals surface area contributed by atoms with E-state index in [4.69, 9.17) is 4.65 Å². The Morgan fingerprint density at radius 2 is 1.92 bits per heavy atom. The summed E-state index contributed by atoms with van der Waals surface area (Å²) in [6, 6.07) is 10.00. The van der Waals surface area contributed by atoms with E-state index >= 15 is 0 Å². The third kappa shape index (κ3) is 3.65. The molecule has 26 heavy (non-hydrogen) atoms. The van der Waals surface area contributed by atoms with Gasteiger partial charge in [0.05, 0.1) is 4.90 Å². The summed E-state index contributed by atoms with van der Waals surface area (Å²) in [6.45, 7) is 0. The van der Waals surface area contributed by atoms with E-state index in [0.29, 0.717) is 22.6 Å². The molecule has 1 aliphatic heterocycles. The summed E-state index contributed by atoms with van der Waals surface area (Å²) >= 11 is 1.16. The lowest BCUT2D eigenvalue weighted by Gasteiger charge is -2.24. The number of hydrogen-bond acceptors (Lipinski definition) is 6. The van der Waals surface area contributed by atoms with Crippen LogP contribution in [0.4, 0.5) is 18.9 Å². The second-order valence-electron chi connectivity index (χ2n) is 5.29. The van der Waals surface area contributed by atoms with Crippen molar-refractivity contribution in [2.75, 3.05) is 12.3 Å². The van der Waals surface area contributed by atoms with Crippen LogP contribution in [0.3, 0.4) is 0 Å². The molecule has 0 saturated carbocycles. The molecule has 5 nitrogen and oxygen atoms in total. The van der Waals surface area contributed by atoms with Gasteiger partial charge in [-0.1, -0.05) is 30.0 Å². The van der Waals surface area contributed by atoms with Crippen LogP contribution in [0.25, 0.3) is 0 Å². The van der Waals surface area contributed by atoms with Crippen LogP contribution in [0.5, 0.6) is 5.75 Å². The highest BCUT2D eigenvalue weighted by Crippen LogP contribution is 2.47. The van der Waals surface area contributed by atoms with Crippen LogP contribution in [-0.4, -0.2) is 28.7 Å². The first-order chi connectivity index (χ1) is 12.2. The van der Waals surface area contributed by atoms with Crippen molar-refractivity contribution < 1.29 is 30.4 Å². The minimum Gasteiger partial charge on any atom is -0.422 e. The molecule has 1 heterocycles. The van der Waals surface area contributed by atoms with Gasteiger partial charge in [-0.3, -0.25) is 0 Å². The van der Waals surface area contributed by atoms with Gasteiger partial charge in [0.25, 0.3) is 0 Å². The van der Waals surface area contributed by atoms with Gasteiger partial charge in [-0.2, -0.15) is 21.6 Å². The first kappa shape index (κ1) is 18.9. The molecule has 0 spiro atoms. The van der Waals surface area contributed by atoms with Gasteiger partial charge in [0.15, 0.2) is 5.75 Å². The predicted octanol–water partition coefficient (Wildman–Crippen LogP) is 3.56. The van der Waals surface area contributed by atoms with Crippen molar-refractivity contribution in [1.82, 2.24) is 0 Å². The Balaban J connectivity index is 2.06. The Kier molecular flexibility index (Phi) is 5.13. The molecular weight excluding hydrogens is 390 g/mol. The SMILES string of the molecule is CO[B]Nc1ccc(OS(=O)(=O)C(F)(F)F)c2c1Cc1ccccc1S2. The zero-order chi connectivity index (χ0) is 18.9. The number of benzene rings is 2. The van der Waals surface area contributed by atoms with Crippen molar-refractivity contribution in [3.63, 3.8) is 0 Å². The average Bonchev–Trinajstić information content (AvgIpc) is 2.58. The highest BCUT2D eigenvalue weighted by atomic mass is 32.2. The van der Waals surface area contributed by atoms with Crippen LogP contribution in [0, 0.1) is 0 Å². The lowest BCUT2D eigenvalue weighted by molar-refractivity contribution is -0.0500. The number of fused-ring (bicyclic) bond motifs is 2. The maximum absolute atomic E-state index is 12.7. The summed E-state index contributed by atoms with van der Waals surface area (Å²) in [5.41, 5.74) is -3.32. The molecule has 0 atom stereocenters. The molecule has 137 valence electrons. The maximum Gasteiger partial charge on any atom is 0.534 e. The fourth-order valence-corrected chi connectivity index (χ4v) is 4.11. The number of nitrogens with one attached hydrogen (secondary N) is 1. The summed E-state index contributed by atoms with van der Waals surface area (Å²) in [7, 11) is -3.00. The van der Waals surface area contributed by atoms with E-state index in [0.717, 1.165) is 22.2 Å². The normalized spacial score (nSPS) is 13.5. The average molecular weight is 402 g/mol. The Morgan fingerprint density at radius 3 is 2.62 bits per heavy atom. The van der Waals surface area contributed by atoms with Crippen LogP contribution < -0.4 is 9.41 Å². The molecule has 0 unspecified atom stereocenters. The van der Waals surface area contributed by atoms with Crippen LogP contribution in [0.15, 0.2) is 46.2 Å². The number of rotatable bonds is 5. The van der Waals surface area contributed by atoms with Crippen LogP contribution in [-0.2, 0) is 21.2 Å². The summed E-state index contributed by atoms with van der Waals surface area (Å²) in [6.07, 6.45) is 0.404. The summed E-state index contributed by atoms with van der Waals surface area (Å²) < 4.78 is 70.1. The van der Waals surface area contributed by atoms with Crippen LogP contribution >= 0.6 is 11.8 Å². The van der Waals surface area contributed by atoms with Gasteiger partial charge in [0.1, 0.15) is 0 Å². The molecule has 0 fully saturated rings. The molecular formula is C15H12BF3NO4S2. The van der Waals surface area contributed by atoms with Crippen LogP contribution in [0.2, 0.25) is 0 Å². The highest BCUT2D eigenvalue weighted by Gasteiger charge is 2.49. The van der Waals surface area contributed by atoms with Crippen molar-refractivity contribution >= 4 is 35.2 Å². The minimum atomic E-state index is -5.76. The number of anilines is 1. The largest absolute Gasteiger partial charge is 0.534 e. The van der Waals surface area contributed by atoms with Gasteiger partial charge in [0, 0.05) is 24.1 Å². The van der Waals surface area contributed by atoms with Crippen LogP contribution in [0.1, 0.15) is 11.1 Å². The molecule has 2 aromatic rings. The molecule has 3 rings (SSSR count). The molecule has 0 aromatic heterocycles. The van der Waals surface area contributed by atoms with Crippen molar-refractivity contribution in [2.24, 2.45) is 0 Å². The predicted molar refractivity (Wildman–Crippen MR) is 91.8 cm³/mol. The first-order valence-electron chi connectivity index (χ1n) is 7.26. The third-order valence-electron chi connectivity index (χ3n) is 3.59. The van der Waals surface area contributed by atoms with Gasteiger partial charge in [0.2, 0.25) is 0 Å². The molecule has 1 aliphatic rings. The van der Waals surface area contributed by atoms with E-state index in [9.17, 15) is 21.6 Å². The zero-order valence-corrected chi connectivity index (χ0v) is 15.0. The maximum atomic E-state index is 12.7. The van der Waals surface area contributed by atoms with E-state index in [1.807, 2.05) is 18.2 Å². The molecule has 2 aromatic carbocycles. The highest BCUT2D eigenvalue weighted by molar-refractivity contribution is 7.99. The van der Waals surface area contributed by atoms with Crippen molar-refractivity contribution in [3.8, 4) is 5.75 Å². The van der Waals surface area contributed by atoms with Gasteiger partial charge in [-0.25, -0.2) is 0 Å². The van der Waals surface area contributed by atoms with E-state index in [2.05, 4.69) is 9.41 Å². The Hall–Kier alpha value is -1.85. The molecule has 1 radical (unpaired) electrons. The molecule has 0 amide bonds. The number of halogens is 3. The van der Waals surface area contributed by atoms with Crippen molar-refractivity contribution in [1.29, 1.82) is 0 Å². The van der Waals surface area contributed by atoms with Crippen molar-refractivity contribution in [2.45, 2.75) is 21.7 Å². The monoisotopic (exact) mass is 402 g/mol. The minimum absolute atomic E-state index is 0.311. The quantitative estimate of drug-likeness (QED) is 0.400. The fourth-order valence-electron chi connectivity index (χ4n) is 2.43. The lowest BCUT2D eigenvalue weighted by atomic mass is 10.0. The van der Waals surface area contributed by atoms with E-state index in [1.165, 1.54) is 26.9 Å². The zero-order valence-electron chi connectivity index (χ0n) is 13.3. The second kappa shape index (κ2) is 7.05. The standard InChI is InChI=1S/C15H12BF3NO4S2/c1-23-16-20-11-6-7-12(24-26(21,22)15(17,18)19)14-10(11)8-9-4-2-3-5-13(9)25-14/h2-7,20H,8H2,1H3. The Bertz CT molecular complexity index is 935. The van der Waals surface area contributed by atoms with Gasteiger partial charge in [-0.15, -0.1) is 0 Å². The summed E-state index contributed by atoms with van der Waals surface area (Å²) in [4.78, 5) is 1.13. The topological polar surface area (TPSA) is 64.6 Å². The third-order valence-corrected chi connectivity index (χ3v) is 5.83. The van der Waals surface area contributed by atoms with Gasteiger partial charge < -0.3 is 14.1 Å². The smallest absolute Gasteiger partial charge is 0.422 e. The molecule has 0 saturated heterocycles. The number of alkyl halides is 3. The van der Waals surface area contributed by atoms with E-state index in [1.54, 1.807) is 6.07 Å².